The number of hydrogen-bond donors (Lipinski definition) is 2. The number of nitrogens with zero attached hydrogens (tertiary/aromatic N) is 2. The van der Waals surface area contributed by atoms with Gasteiger partial charge in [-0.1, -0.05) is 20.8 Å². The Hall–Kier alpha value is 0.257. The highest BCUT2D eigenvalue weighted by atomic mass is 33.4. The summed E-state index contributed by atoms with van der Waals surface area (Å²) in [6.45, 7) is 11.5. The molecule has 29 heavy (non-hydrogen) atoms. The molecule has 2 N–H and O–H groups in total. The number of nitrogen functional groups attached to an aromatic ring is 1. The van der Waals surface area contributed by atoms with E-state index in [9.17, 15) is 4.79 Å². The van der Waals surface area contributed by atoms with Gasteiger partial charge in [0, 0.05) is 24.1 Å². The van der Waals surface area contributed by atoms with Crippen molar-refractivity contribution in [2.75, 3.05) is 23.8 Å². The molecule has 2 aliphatic rings. The number of aromatic nitrogens is 2. The minimum Gasteiger partial charge on any atom is -0.411 e. The normalized spacial score (nSPS) is 27.4. The number of anilines is 1. The van der Waals surface area contributed by atoms with E-state index in [0.29, 0.717) is 13.0 Å². The molecule has 0 bridgehead atoms. The first-order valence-electron chi connectivity index (χ1n) is 9.64. The smallest absolute Gasteiger partial charge is 0.351 e. The van der Waals surface area contributed by atoms with Gasteiger partial charge in [0.25, 0.3) is 0 Å². The van der Waals surface area contributed by atoms with Crippen LogP contribution >= 0.6 is 40.1 Å². The summed E-state index contributed by atoms with van der Waals surface area (Å²) in [5, 5.41) is -1.71. The van der Waals surface area contributed by atoms with Gasteiger partial charge in [-0.2, -0.15) is 9.51 Å². The lowest BCUT2D eigenvalue weighted by molar-refractivity contribution is -0.0366. The van der Waals surface area contributed by atoms with Crippen LogP contribution < -0.4 is 11.4 Å². The second-order valence-corrected chi connectivity index (χ2v) is 24.7. The monoisotopic (exact) mass is 496 g/mol. The molecule has 164 valence electrons. The zero-order valence-corrected chi connectivity index (χ0v) is 22.0. The van der Waals surface area contributed by atoms with E-state index < -0.39 is 25.3 Å². The molecule has 1 aromatic rings. The largest absolute Gasteiger partial charge is 0.411 e. The molecule has 3 heterocycles. The molecule has 7 nitrogen and oxygen atoms in total. The van der Waals surface area contributed by atoms with Crippen LogP contribution in [-0.2, 0) is 13.7 Å². The molecule has 0 spiro atoms. The highest BCUT2D eigenvalue weighted by molar-refractivity contribution is 9.15. The maximum absolute atomic E-state index is 12.3. The maximum Gasteiger partial charge on any atom is 0.351 e. The van der Waals surface area contributed by atoms with Crippen LogP contribution in [0.15, 0.2) is 17.1 Å². The Morgan fingerprint density at radius 3 is 2.66 bits per heavy atom. The standard InChI is InChI=1S/C17H30N3O4PS3Si/c1-17(2,3)29(4,5)24-12-10-15(20-7-6-14(18)19-16(20)21)23-13(12)11-22-25(26)27-8-9-28-25/h6-7,12-13,15,26H,8-11H2,1-5H3,(H-,18,19,21)/p+1/t12-,13+,15+/m0/s1. The van der Waals surface area contributed by atoms with E-state index in [-0.39, 0.29) is 23.1 Å². The second kappa shape index (κ2) is 9.01. The summed E-state index contributed by atoms with van der Waals surface area (Å²) >= 11 is 8.38. The molecule has 2 fully saturated rings. The van der Waals surface area contributed by atoms with E-state index in [0.717, 1.165) is 11.5 Å². The Morgan fingerprint density at radius 1 is 1.41 bits per heavy atom. The van der Waals surface area contributed by atoms with Crippen molar-refractivity contribution < 1.29 is 13.7 Å². The van der Waals surface area contributed by atoms with Gasteiger partial charge in [0.05, 0.1) is 41.1 Å². The van der Waals surface area contributed by atoms with Gasteiger partial charge >= 0.3 is 10.8 Å². The molecule has 0 radical (unpaired) electrons. The summed E-state index contributed by atoms with van der Waals surface area (Å²) in [7, 11) is -2.02. The van der Waals surface area contributed by atoms with Crippen LogP contribution in [0.1, 0.15) is 33.4 Å². The maximum atomic E-state index is 12.3. The minimum absolute atomic E-state index is 0.0744. The van der Waals surface area contributed by atoms with Crippen molar-refractivity contribution in [3.8, 4) is 0 Å². The summed E-state index contributed by atoms with van der Waals surface area (Å²) in [5.74, 6) is 2.33. The summed E-state index contributed by atoms with van der Waals surface area (Å²) in [6, 6.07) is 1.61. The molecule has 0 aromatic carbocycles. The molecule has 0 unspecified atom stereocenters. The highest BCUT2D eigenvalue weighted by Gasteiger charge is 2.49. The Kier molecular flexibility index (Phi) is 7.43. The third kappa shape index (κ3) is 5.74. The van der Waals surface area contributed by atoms with Crippen LogP contribution in [0, 0.1) is 0 Å². The Bertz CT molecular complexity index is 786. The van der Waals surface area contributed by atoms with Crippen molar-refractivity contribution in [3.05, 3.63) is 22.7 Å². The quantitative estimate of drug-likeness (QED) is 0.335. The van der Waals surface area contributed by atoms with Crippen LogP contribution in [0.5, 0.6) is 0 Å². The van der Waals surface area contributed by atoms with Gasteiger partial charge in [0.1, 0.15) is 24.8 Å². The Balaban J connectivity index is 1.78. The molecule has 1 aromatic heterocycles. The Labute approximate surface area is 187 Å². The van der Waals surface area contributed by atoms with Crippen LogP contribution in [0.4, 0.5) is 5.82 Å². The molecule has 0 aliphatic carbocycles. The number of ether oxygens (including phenoxy) is 1. The fourth-order valence-electron chi connectivity index (χ4n) is 2.93. The third-order valence-electron chi connectivity index (χ3n) is 5.59. The van der Waals surface area contributed by atoms with Crippen molar-refractivity contribution >= 4 is 54.2 Å². The first-order valence-corrected chi connectivity index (χ1v) is 18.6. The highest BCUT2D eigenvalue weighted by Crippen LogP contribution is 2.87. The van der Waals surface area contributed by atoms with Crippen molar-refractivity contribution in [2.45, 2.75) is 63.8 Å². The molecule has 2 aliphatic heterocycles. The van der Waals surface area contributed by atoms with Crippen LogP contribution in [0.2, 0.25) is 18.1 Å². The van der Waals surface area contributed by atoms with Gasteiger partial charge < -0.3 is 14.9 Å². The predicted molar refractivity (Wildman–Crippen MR) is 130 cm³/mol. The average Bonchev–Trinajstić information content (AvgIpc) is 3.19. The molecule has 3 rings (SSSR count). The molecule has 0 amide bonds. The first kappa shape index (κ1) is 23.9. The first-order chi connectivity index (χ1) is 13.4. The second-order valence-electron chi connectivity index (χ2n) is 8.75. The zero-order chi connectivity index (χ0) is 21.4. The van der Waals surface area contributed by atoms with Gasteiger partial charge in [-0.3, -0.25) is 4.57 Å². The summed E-state index contributed by atoms with van der Waals surface area (Å²) < 4.78 is 20.7. The van der Waals surface area contributed by atoms with E-state index in [1.807, 2.05) is 0 Å². The molecular formula is C17H31N3O4PS3Si+. The molecule has 3 atom stereocenters. The topological polar surface area (TPSA) is 88.6 Å². The van der Waals surface area contributed by atoms with Gasteiger partial charge in [0.2, 0.25) is 0 Å². The van der Waals surface area contributed by atoms with Crippen molar-refractivity contribution in [1.29, 1.82) is 0 Å². The van der Waals surface area contributed by atoms with Crippen LogP contribution in [0.3, 0.4) is 0 Å². The van der Waals surface area contributed by atoms with E-state index >= 15 is 0 Å². The average molecular weight is 497 g/mol. The summed E-state index contributed by atoms with van der Waals surface area (Å²) in [5.41, 5.74) is 5.22. The SMILES string of the molecule is CC(C)(C)[Si](C)(C)O[C@H]1C[C@H](n2ccc(N)nc2=O)O[C@@H]1CO[P+]1(S)SCCS1. The lowest BCUT2D eigenvalue weighted by atomic mass is 10.2. The van der Waals surface area contributed by atoms with Crippen molar-refractivity contribution in [1.82, 2.24) is 9.55 Å². The number of rotatable bonds is 6. The van der Waals surface area contributed by atoms with Crippen LogP contribution in [-0.4, -0.2) is 48.2 Å². The van der Waals surface area contributed by atoms with Crippen LogP contribution in [0.25, 0.3) is 0 Å². The lowest BCUT2D eigenvalue weighted by Gasteiger charge is -2.39. The number of nitrogens with two attached hydrogens (primary N) is 1. The molecule has 12 heteroatoms. The molecular weight excluding hydrogens is 465 g/mol. The summed E-state index contributed by atoms with van der Waals surface area (Å²) in [4.78, 5) is 16.1. The van der Waals surface area contributed by atoms with Gasteiger partial charge in [-0.05, 0) is 24.2 Å². The van der Waals surface area contributed by atoms with Gasteiger partial charge in [-0.15, -0.1) is 0 Å². The van der Waals surface area contributed by atoms with Gasteiger partial charge in [0.15, 0.2) is 8.32 Å². The lowest BCUT2D eigenvalue weighted by Crippen LogP contribution is -2.46. The fourth-order valence-corrected chi connectivity index (χ4v) is 13.3. The van der Waals surface area contributed by atoms with E-state index in [1.165, 1.54) is 4.57 Å². The van der Waals surface area contributed by atoms with Gasteiger partial charge in [-0.25, -0.2) is 4.79 Å². The third-order valence-corrected chi connectivity index (χ3v) is 20.3. The zero-order valence-electron chi connectivity index (χ0n) is 17.5. The van der Waals surface area contributed by atoms with E-state index in [1.54, 1.807) is 35.0 Å². The predicted octanol–water partition coefficient (Wildman–Crippen LogP) is 4.61. The molecule has 2 saturated heterocycles. The minimum atomic E-state index is -2.02. The van der Waals surface area contributed by atoms with Crippen molar-refractivity contribution in [2.24, 2.45) is 0 Å². The number of hydrogen-bond acceptors (Lipinski definition) is 9. The fraction of sp³-hybridized carbons (Fsp3) is 0.765. The van der Waals surface area contributed by atoms with Crippen molar-refractivity contribution in [3.63, 3.8) is 0 Å². The summed E-state index contributed by atoms with van der Waals surface area (Å²) in [6.07, 6.45) is 1.35. The number of thiol groups is 1. The van der Waals surface area contributed by atoms with E-state index in [4.69, 9.17) is 31.7 Å². The molecule has 0 saturated carbocycles. The van der Waals surface area contributed by atoms with E-state index in [2.05, 4.69) is 38.8 Å². The Morgan fingerprint density at radius 2 is 2.07 bits per heavy atom.